The first-order valence-electron chi connectivity index (χ1n) is 8.22. The Morgan fingerprint density at radius 1 is 1.13 bits per heavy atom. The quantitative estimate of drug-likeness (QED) is 0.564. The molecule has 7 nitrogen and oxygen atoms in total. The van der Waals surface area contributed by atoms with E-state index in [2.05, 4.69) is 6.92 Å². The highest BCUT2D eigenvalue weighted by Crippen LogP contribution is 2.46. The fourth-order valence-electron chi connectivity index (χ4n) is 4.00. The molecular weight excluding hydrogens is 304 g/mol. The summed E-state index contributed by atoms with van der Waals surface area (Å²) in [5.74, 6) is 0.958. The van der Waals surface area contributed by atoms with Gasteiger partial charge >= 0.3 is 0 Å². The van der Waals surface area contributed by atoms with Crippen LogP contribution in [0.25, 0.3) is 0 Å². The van der Waals surface area contributed by atoms with Gasteiger partial charge in [-0.3, -0.25) is 0 Å². The van der Waals surface area contributed by atoms with E-state index in [0.717, 1.165) is 12.8 Å². The fourth-order valence-corrected chi connectivity index (χ4v) is 4.00. The van der Waals surface area contributed by atoms with E-state index >= 15 is 0 Å². The van der Waals surface area contributed by atoms with Crippen LogP contribution in [0.3, 0.4) is 0 Å². The SMILES string of the molecule is CC1=CO[C@@H](O[C@@H]2O[C@H](CO)[C@@H](O)[C@@H](O)[C@@H]2O)[C@@H]2[C@H](C)CC[C@H]12. The van der Waals surface area contributed by atoms with Crippen LogP contribution in [-0.4, -0.2) is 64.0 Å². The molecule has 1 aliphatic carbocycles. The van der Waals surface area contributed by atoms with Gasteiger partial charge in [-0.15, -0.1) is 0 Å². The lowest BCUT2D eigenvalue weighted by atomic mass is 9.84. The largest absolute Gasteiger partial charge is 0.472 e. The minimum absolute atomic E-state index is 0.160. The number of aliphatic hydroxyl groups excluding tert-OH is 4. The van der Waals surface area contributed by atoms with Gasteiger partial charge < -0.3 is 34.6 Å². The maximum atomic E-state index is 10.1. The molecule has 3 aliphatic rings. The van der Waals surface area contributed by atoms with Crippen LogP contribution in [0.15, 0.2) is 11.8 Å². The second kappa shape index (κ2) is 6.66. The molecule has 4 N–H and O–H groups in total. The maximum absolute atomic E-state index is 10.1. The zero-order chi connectivity index (χ0) is 16.7. The van der Waals surface area contributed by atoms with Crippen molar-refractivity contribution in [2.45, 2.75) is 63.7 Å². The third-order valence-corrected chi connectivity index (χ3v) is 5.46. The van der Waals surface area contributed by atoms with Crippen molar-refractivity contribution >= 4 is 0 Å². The van der Waals surface area contributed by atoms with E-state index in [0.29, 0.717) is 11.8 Å². The Morgan fingerprint density at radius 3 is 2.57 bits per heavy atom. The second-order valence-corrected chi connectivity index (χ2v) is 6.94. The number of fused-ring (bicyclic) bond motifs is 1. The molecule has 0 amide bonds. The zero-order valence-electron chi connectivity index (χ0n) is 13.4. The van der Waals surface area contributed by atoms with E-state index in [1.165, 1.54) is 5.57 Å². The Balaban J connectivity index is 1.73. The molecule has 0 aromatic rings. The van der Waals surface area contributed by atoms with E-state index < -0.39 is 43.6 Å². The third-order valence-electron chi connectivity index (χ3n) is 5.46. The van der Waals surface area contributed by atoms with Crippen molar-refractivity contribution < 1.29 is 34.6 Å². The Morgan fingerprint density at radius 2 is 1.87 bits per heavy atom. The van der Waals surface area contributed by atoms with E-state index in [1.807, 2.05) is 6.92 Å². The summed E-state index contributed by atoms with van der Waals surface area (Å²) >= 11 is 0. The lowest BCUT2D eigenvalue weighted by molar-refractivity contribution is -0.342. The number of aliphatic hydroxyl groups is 4. The summed E-state index contributed by atoms with van der Waals surface area (Å²) in [5.41, 5.74) is 1.19. The lowest BCUT2D eigenvalue weighted by Crippen LogP contribution is -2.60. The Labute approximate surface area is 135 Å². The first-order valence-corrected chi connectivity index (χ1v) is 8.22. The van der Waals surface area contributed by atoms with Crippen molar-refractivity contribution in [3.63, 3.8) is 0 Å². The molecular formula is C16H26O7. The molecule has 3 rings (SSSR count). The van der Waals surface area contributed by atoms with Gasteiger partial charge in [-0.1, -0.05) is 6.92 Å². The predicted octanol–water partition coefficient (Wildman–Crippen LogP) is -0.275. The molecule has 0 bridgehead atoms. The average Bonchev–Trinajstić information content (AvgIpc) is 2.93. The molecule has 0 aromatic carbocycles. The van der Waals surface area contributed by atoms with Gasteiger partial charge in [0.05, 0.1) is 12.9 Å². The summed E-state index contributed by atoms with van der Waals surface area (Å²) in [5, 5.41) is 39.0. The van der Waals surface area contributed by atoms with Gasteiger partial charge in [-0.2, -0.15) is 0 Å². The number of allylic oxidation sites excluding steroid dienone is 1. The summed E-state index contributed by atoms with van der Waals surface area (Å²) < 4.78 is 16.9. The van der Waals surface area contributed by atoms with Gasteiger partial charge in [0.15, 0.2) is 6.29 Å². The molecule has 23 heavy (non-hydrogen) atoms. The van der Waals surface area contributed by atoms with Crippen LogP contribution in [-0.2, 0) is 14.2 Å². The summed E-state index contributed by atoms with van der Waals surface area (Å²) in [6.07, 6.45) is -3.10. The molecule has 0 spiro atoms. The highest BCUT2D eigenvalue weighted by Gasteiger charge is 2.49. The van der Waals surface area contributed by atoms with Gasteiger partial charge in [0.2, 0.25) is 6.29 Å². The summed E-state index contributed by atoms with van der Waals surface area (Å²) in [6.45, 7) is 3.72. The van der Waals surface area contributed by atoms with E-state index in [4.69, 9.17) is 14.2 Å². The Kier molecular flexibility index (Phi) is 4.96. The molecule has 7 heteroatoms. The molecule has 0 radical (unpaired) electrons. The number of ether oxygens (including phenoxy) is 3. The molecule has 1 saturated carbocycles. The van der Waals surface area contributed by atoms with Gasteiger partial charge in [-0.05, 0) is 37.2 Å². The minimum Gasteiger partial charge on any atom is -0.472 e. The van der Waals surface area contributed by atoms with Crippen LogP contribution in [0, 0.1) is 17.8 Å². The van der Waals surface area contributed by atoms with Crippen LogP contribution in [0.2, 0.25) is 0 Å². The first-order chi connectivity index (χ1) is 10.9. The fraction of sp³-hybridized carbons (Fsp3) is 0.875. The van der Waals surface area contributed by atoms with Crippen LogP contribution in [0.4, 0.5) is 0 Å². The summed E-state index contributed by atoms with van der Waals surface area (Å²) in [4.78, 5) is 0. The summed E-state index contributed by atoms with van der Waals surface area (Å²) in [6, 6.07) is 0. The zero-order valence-corrected chi connectivity index (χ0v) is 13.4. The topological polar surface area (TPSA) is 109 Å². The van der Waals surface area contributed by atoms with Gasteiger partial charge in [0, 0.05) is 5.92 Å². The van der Waals surface area contributed by atoms with Gasteiger partial charge in [0.25, 0.3) is 0 Å². The molecule has 9 atom stereocenters. The number of hydrogen-bond donors (Lipinski definition) is 4. The van der Waals surface area contributed by atoms with Crippen LogP contribution >= 0.6 is 0 Å². The number of rotatable bonds is 3. The van der Waals surface area contributed by atoms with Crippen molar-refractivity contribution in [2.75, 3.05) is 6.61 Å². The Bertz CT molecular complexity index is 452. The van der Waals surface area contributed by atoms with Gasteiger partial charge in [-0.25, -0.2) is 0 Å². The van der Waals surface area contributed by atoms with Gasteiger partial charge in [0.1, 0.15) is 24.4 Å². The molecule has 2 aliphatic heterocycles. The first kappa shape index (κ1) is 17.1. The summed E-state index contributed by atoms with van der Waals surface area (Å²) in [7, 11) is 0. The van der Waals surface area contributed by atoms with Crippen molar-refractivity contribution in [2.24, 2.45) is 17.8 Å². The monoisotopic (exact) mass is 330 g/mol. The van der Waals surface area contributed by atoms with Crippen LogP contribution in [0.1, 0.15) is 26.7 Å². The number of hydrogen-bond acceptors (Lipinski definition) is 7. The second-order valence-electron chi connectivity index (χ2n) is 6.94. The van der Waals surface area contributed by atoms with Crippen molar-refractivity contribution in [1.82, 2.24) is 0 Å². The molecule has 2 heterocycles. The smallest absolute Gasteiger partial charge is 0.205 e. The van der Waals surface area contributed by atoms with Crippen LogP contribution < -0.4 is 0 Å². The minimum atomic E-state index is -1.44. The lowest BCUT2D eigenvalue weighted by Gasteiger charge is -2.43. The third kappa shape index (κ3) is 3.01. The Hall–Kier alpha value is -0.700. The van der Waals surface area contributed by atoms with Crippen molar-refractivity contribution in [3.8, 4) is 0 Å². The van der Waals surface area contributed by atoms with Crippen molar-refractivity contribution in [3.05, 3.63) is 11.8 Å². The average molecular weight is 330 g/mol. The van der Waals surface area contributed by atoms with E-state index in [-0.39, 0.29) is 5.92 Å². The van der Waals surface area contributed by atoms with Crippen LogP contribution in [0.5, 0.6) is 0 Å². The van der Waals surface area contributed by atoms with Crippen molar-refractivity contribution in [1.29, 1.82) is 0 Å². The molecule has 132 valence electrons. The highest BCUT2D eigenvalue weighted by molar-refractivity contribution is 5.10. The molecule has 2 fully saturated rings. The normalized spacial score (nSPS) is 50.2. The molecule has 0 aromatic heterocycles. The highest BCUT2D eigenvalue weighted by atomic mass is 16.8. The standard InChI is InChI=1S/C16H26O7/c1-7-3-4-9-8(2)6-21-15(11(7)9)23-16-14(20)13(19)12(18)10(5-17)22-16/h6-7,9-20H,3-5H2,1-2H3/t7-,9-,10-,11-,12-,13-,14+,15+,16+/m1/s1. The molecule has 0 unspecified atom stereocenters. The predicted molar refractivity (Wildman–Crippen MR) is 78.9 cm³/mol. The van der Waals surface area contributed by atoms with E-state index in [9.17, 15) is 20.4 Å². The molecule has 1 saturated heterocycles. The van der Waals surface area contributed by atoms with E-state index in [1.54, 1.807) is 6.26 Å². The maximum Gasteiger partial charge on any atom is 0.205 e.